The van der Waals surface area contributed by atoms with Gasteiger partial charge in [-0.05, 0) is 153 Å². The lowest BCUT2D eigenvalue weighted by Gasteiger charge is -2.49. The number of benzene rings is 7. The average molecular weight is 799 g/mol. The molecule has 2 nitrogen and oxygen atoms in total. The first-order valence-electron chi connectivity index (χ1n) is 23.7. The smallest absolute Gasteiger partial charge is 0.252 e. The standard InChI is InChI=1S/C59H51BN2/c1-56(2)38-31-32-57(56,3)59(35-38)44-22-13-11-20-42(44)52-46(59)28-30-48-55(52)62(40-17-8-5-9-18-40)50-24-14-23-49-53(50)60(48)47-29-27-45-51(54(47)61(49)39-15-6-4-7-16-39)41-19-10-12-21-43(41)58(45)34-36-25-26-37(58)33-36/h4-24,27-30,36-38H,25-26,31-35H2,1-3H3/t36?,37?,38-,57-,58+,59-/m1/s1. The summed E-state index contributed by atoms with van der Waals surface area (Å²) in [6.45, 7) is 7.93. The minimum Gasteiger partial charge on any atom is -0.311 e. The molecule has 0 N–H and O–H groups in total. The van der Waals surface area contributed by atoms with Gasteiger partial charge >= 0.3 is 0 Å². The van der Waals surface area contributed by atoms with Crippen molar-refractivity contribution in [2.45, 2.75) is 76.5 Å². The second-order valence-corrected chi connectivity index (χ2v) is 21.4. The first-order valence-corrected chi connectivity index (χ1v) is 23.7. The highest BCUT2D eigenvalue weighted by Gasteiger charge is 2.72. The lowest BCUT2D eigenvalue weighted by atomic mass is 9.33. The molecular weight excluding hydrogens is 747 g/mol. The van der Waals surface area contributed by atoms with Crippen molar-refractivity contribution < 1.29 is 0 Å². The van der Waals surface area contributed by atoms with Crippen LogP contribution in [0.2, 0.25) is 0 Å². The molecular formula is C59H51BN2. The molecule has 62 heavy (non-hydrogen) atoms. The van der Waals surface area contributed by atoms with Crippen LogP contribution in [0.15, 0.2) is 152 Å². The maximum absolute atomic E-state index is 2.68. The van der Waals surface area contributed by atoms with Crippen LogP contribution in [0.4, 0.5) is 34.1 Å². The normalized spacial score (nSPS) is 28.8. The van der Waals surface area contributed by atoms with Crippen molar-refractivity contribution in [1.29, 1.82) is 0 Å². The van der Waals surface area contributed by atoms with Crippen LogP contribution in [-0.4, -0.2) is 6.71 Å². The number of hydrogen-bond donors (Lipinski definition) is 0. The predicted molar refractivity (Wildman–Crippen MR) is 258 cm³/mol. The van der Waals surface area contributed by atoms with Gasteiger partial charge in [0.25, 0.3) is 6.71 Å². The van der Waals surface area contributed by atoms with Crippen LogP contribution in [0.3, 0.4) is 0 Å². The van der Waals surface area contributed by atoms with Crippen LogP contribution in [0.25, 0.3) is 22.3 Å². The molecule has 7 aromatic rings. The fraction of sp³-hybridized carbons (Fsp3) is 0.288. The van der Waals surface area contributed by atoms with Crippen molar-refractivity contribution in [2.75, 3.05) is 9.80 Å². The fourth-order valence-corrected chi connectivity index (χ4v) is 16.6. The Morgan fingerprint density at radius 3 is 1.66 bits per heavy atom. The van der Waals surface area contributed by atoms with E-state index in [4.69, 9.17) is 0 Å². The zero-order valence-electron chi connectivity index (χ0n) is 36.1. The zero-order chi connectivity index (χ0) is 40.9. The van der Waals surface area contributed by atoms with Crippen molar-refractivity contribution in [3.05, 3.63) is 174 Å². The van der Waals surface area contributed by atoms with Gasteiger partial charge in [0.2, 0.25) is 0 Å². The summed E-state index contributed by atoms with van der Waals surface area (Å²) in [6.07, 6.45) is 9.26. The van der Waals surface area contributed by atoms with Crippen LogP contribution < -0.4 is 26.2 Å². The van der Waals surface area contributed by atoms with E-state index in [0.717, 1.165) is 5.92 Å². The molecule has 6 atom stereocenters. The van der Waals surface area contributed by atoms with Crippen LogP contribution in [0.5, 0.6) is 0 Å². The second kappa shape index (κ2) is 11.4. The van der Waals surface area contributed by atoms with E-state index in [1.165, 1.54) is 118 Å². The number of nitrogens with zero attached hydrogens (tertiary/aromatic N) is 2. The van der Waals surface area contributed by atoms with Crippen LogP contribution in [0, 0.1) is 28.6 Å². The van der Waals surface area contributed by atoms with E-state index in [2.05, 4.69) is 182 Å². The first-order chi connectivity index (χ1) is 30.4. The van der Waals surface area contributed by atoms with Crippen molar-refractivity contribution in [3.63, 3.8) is 0 Å². The van der Waals surface area contributed by atoms with Gasteiger partial charge in [0, 0.05) is 56.1 Å². The summed E-state index contributed by atoms with van der Waals surface area (Å²) in [5.41, 5.74) is 24.8. The third kappa shape index (κ3) is 3.72. The van der Waals surface area contributed by atoms with E-state index in [1.807, 2.05) is 0 Å². The van der Waals surface area contributed by atoms with Gasteiger partial charge in [-0.1, -0.05) is 142 Å². The fourth-order valence-electron chi connectivity index (χ4n) is 16.6. The van der Waals surface area contributed by atoms with E-state index < -0.39 is 0 Å². The summed E-state index contributed by atoms with van der Waals surface area (Å²) in [6, 6.07) is 59.5. The molecule has 2 aliphatic heterocycles. The Kier molecular flexibility index (Phi) is 6.40. The van der Waals surface area contributed by atoms with E-state index in [0.29, 0.717) is 11.8 Å². The molecule has 4 bridgehead atoms. The molecule has 15 rings (SSSR count). The van der Waals surface area contributed by atoms with Crippen LogP contribution in [-0.2, 0) is 10.8 Å². The molecule has 300 valence electrons. The molecule has 6 aliphatic carbocycles. The molecule has 2 spiro atoms. The summed E-state index contributed by atoms with van der Waals surface area (Å²) in [4.78, 5) is 5.36. The number of rotatable bonds is 2. The monoisotopic (exact) mass is 798 g/mol. The number of fused-ring (bicyclic) bond motifs is 22. The van der Waals surface area contributed by atoms with Crippen molar-refractivity contribution >= 4 is 57.2 Å². The van der Waals surface area contributed by atoms with Gasteiger partial charge < -0.3 is 9.80 Å². The zero-order valence-corrected chi connectivity index (χ0v) is 36.1. The van der Waals surface area contributed by atoms with Crippen molar-refractivity contribution in [2.24, 2.45) is 28.6 Å². The van der Waals surface area contributed by atoms with Gasteiger partial charge in [0.05, 0.1) is 0 Å². The quantitative estimate of drug-likeness (QED) is 0.161. The van der Waals surface area contributed by atoms with Crippen molar-refractivity contribution in [1.82, 2.24) is 0 Å². The molecule has 0 radical (unpaired) electrons. The summed E-state index contributed by atoms with van der Waals surface area (Å²) in [7, 11) is 0. The number of para-hydroxylation sites is 2. The highest BCUT2D eigenvalue weighted by molar-refractivity contribution is 7.00. The third-order valence-corrected chi connectivity index (χ3v) is 19.4. The van der Waals surface area contributed by atoms with Crippen LogP contribution in [0.1, 0.15) is 88.0 Å². The maximum Gasteiger partial charge on any atom is 0.252 e. The van der Waals surface area contributed by atoms with Gasteiger partial charge in [-0.15, -0.1) is 0 Å². The Bertz CT molecular complexity index is 3110. The molecule has 3 heteroatoms. The molecule has 7 aromatic carbocycles. The van der Waals surface area contributed by atoms with Gasteiger partial charge in [0.1, 0.15) is 0 Å². The maximum atomic E-state index is 2.68. The minimum absolute atomic E-state index is 0.0149. The highest BCUT2D eigenvalue weighted by atomic mass is 15.2. The van der Waals surface area contributed by atoms with Gasteiger partial charge in [-0.2, -0.15) is 0 Å². The van der Waals surface area contributed by atoms with Gasteiger partial charge in [0.15, 0.2) is 0 Å². The summed E-state index contributed by atoms with van der Waals surface area (Å²) in [5, 5.41) is 0. The van der Waals surface area contributed by atoms with E-state index in [9.17, 15) is 0 Å². The molecule has 2 unspecified atom stereocenters. The van der Waals surface area contributed by atoms with Gasteiger partial charge in [-0.3, -0.25) is 0 Å². The number of anilines is 6. The lowest BCUT2D eigenvalue weighted by Crippen LogP contribution is -2.61. The Balaban J connectivity index is 1.07. The predicted octanol–water partition coefficient (Wildman–Crippen LogP) is 13.0. The Hall–Kier alpha value is -5.80. The summed E-state index contributed by atoms with van der Waals surface area (Å²) >= 11 is 0. The molecule has 4 saturated carbocycles. The molecule has 8 aliphatic rings. The topological polar surface area (TPSA) is 6.48 Å². The largest absolute Gasteiger partial charge is 0.311 e. The van der Waals surface area contributed by atoms with E-state index in [1.54, 1.807) is 22.3 Å². The van der Waals surface area contributed by atoms with E-state index in [-0.39, 0.29) is 28.4 Å². The Morgan fingerprint density at radius 2 is 1.08 bits per heavy atom. The molecule has 0 saturated heterocycles. The first kappa shape index (κ1) is 34.8. The number of hydrogen-bond acceptors (Lipinski definition) is 2. The summed E-state index contributed by atoms with van der Waals surface area (Å²) < 4.78 is 0. The molecule has 0 aromatic heterocycles. The second-order valence-electron chi connectivity index (χ2n) is 21.4. The minimum atomic E-state index is -0.0149. The van der Waals surface area contributed by atoms with E-state index >= 15 is 0 Å². The Morgan fingerprint density at radius 1 is 0.500 bits per heavy atom. The molecule has 4 fully saturated rings. The molecule has 0 amide bonds. The van der Waals surface area contributed by atoms with Crippen LogP contribution >= 0.6 is 0 Å². The average Bonchev–Trinajstić information content (AvgIpc) is 4.13. The SMILES string of the molecule is CC1(C)[C@@H]2CC[C@@]1(C)[C@]1(C2)c2ccccc2-c2c1ccc1c2N(c2ccccc2)c2cccc3c2B1c1ccc2c(c1N3c1ccccc1)-c1ccccc1[C@@]21CC2CCC1C2. The molecule has 2 heterocycles. The van der Waals surface area contributed by atoms with Gasteiger partial charge in [-0.25, -0.2) is 0 Å². The Labute approximate surface area is 366 Å². The third-order valence-electron chi connectivity index (χ3n) is 19.4. The highest BCUT2D eigenvalue weighted by Crippen LogP contribution is 2.78. The summed E-state index contributed by atoms with van der Waals surface area (Å²) in [5.74, 6) is 2.26. The lowest BCUT2D eigenvalue weighted by molar-refractivity contribution is 0.0990. The van der Waals surface area contributed by atoms with Crippen molar-refractivity contribution in [3.8, 4) is 22.3 Å².